The smallest absolute Gasteiger partial charge is 0.124 e. The zero-order chi connectivity index (χ0) is 16.4. The third-order valence-electron chi connectivity index (χ3n) is 4.23. The van der Waals surface area contributed by atoms with E-state index in [2.05, 4.69) is 47.4 Å². The average molecular weight is 306 g/mol. The Morgan fingerprint density at radius 2 is 1.61 bits per heavy atom. The summed E-state index contributed by atoms with van der Waals surface area (Å²) in [5, 5.41) is 2.31. The molecule has 2 N–H and O–H groups in total. The number of benzene rings is 3. The average Bonchev–Trinajstić information content (AvgIpc) is 2.60. The van der Waals surface area contributed by atoms with Gasteiger partial charge >= 0.3 is 0 Å². The molecule has 0 aliphatic heterocycles. The van der Waals surface area contributed by atoms with Gasteiger partial charge in [0.1, 0.15) is 5.75 Å². The quantitative estimate of drug-likeness (QED) is 0.793. The lowest BCUT2D eigenvalue weighted by Crippen LogP contribution is -2.14. The van der Waals surface area contributed by atoms with Gasteiger partial charge in [0.05, 0.1) is 13.2 Å². The third kappa shape index (κ3) is 2.88. The zero-order valence-electron chi connectivity index (χ0n) is 13.8. The molecule has 3 aromatic rings. The first-order valence-electron chi connectivity index (χ1n) is 7.70. The summed E-state index contributed by atoms with van der Waals surface area (Å²) in [4.78, 5) is 2.08. The lowest BCUT2D eigenvalue weighted by molar-refractivity contribution is 0.409. The van der Waals surface area contributed by atoms with Crippen molar-refractivity contribution in [3.63, 3.8) is 0 Å². The van der Waals surface area contributed by atoms with E-state index >= 15 is 0 Å². The monoisotopic (exact) mass is 306 g/mol. The molecule has 1 atom stereocenters. The van der Waals surface area contributed by atoms with Crippen molar-refractivity contribution in [3.8, 4) is 5.75 Å². The molecule has 1 unspecified atom stereocenters. The minimum atomic E-state index is -0.229. The van der Waals surface area contributed by atoms with Crippen LogP contribution >= 0.6 is 0 Å². The van der Waals surface area contributed by atoms with Gasteiger partial charge in [-0.3, -0.25) is 0 Å². The minimum Gasteiger partial charge on any atom is -0.496 e. The van der Waals surface area contributed by atoms with Crippen molar-refractivity contribution in [2.45, 2.75) is 6.04 Å². The fourth-order valence-corrected chi connectivity index (χ4v) is 2.92. The van der Waals surface area contributed by atoms with E-state index in [1.165, 1.54) is 5.39 Å². The van der Waals surface area contributed by atoms with E-state index in [1.54, 1.807) is 7.11 Å². The van der Waals surface area contributed by atoms with Gasteiger partial charge in [-0.15, -0.1) is 0 Å². The van der Waals surface area contributed by atoms with Crippen LogP contribution < -0.4 is 15.4 Å². The minimum absolute atomic E-state index is 0.229. The molecule has 0 amide bonds. The summed E-state index contributed by atoms with van der Waals surface area (Å²) in [5.41, 5.74) is 9.85. The molecule has 0 spiro atoms. The molecule has 0 bridgehead atoms. The van der Waals surface area contributed by atoms with E-state index in [-0.39, 0.29) is 6.04 Å². The van der Waals surface area contributed by atoms with Gasteiger partial charge in [0, 0.05) is 25.3 Å². The Morgan fingerprint density at radius 1 is 0.913 bits per heavy atom. The topological polar surface area (TPSA) is 38.5 Å². The van der Waals surface area contributed by atoms with Crippen LogP contribution in [0.1, 0.15) is 17.2 Å². The van der Waals surface area contributed by atoms with E-state index < -0.39 is 0 Å². The Morgan fingerprint density at radius 3 is 2.26 bits per heavy atom. The van der Waals surface area contributed by atoms with Gasteiger partial charge < -0.3 is 15.4 Å². The van der Waals surface area contributed by atoms with Crippen LogP contribution in [0.15, 0.2) is 60.7 Å². The summed E-state index contributed by atoms with van der Waals surface area (Å²) < 4.78 is 5.57. The van der Waals surface area contributed by atoms with E-state index in [1.807, 2.05) is 32.3 Å². The lowest BCUT2D eigenvalue weighted by Gasteiger charge is -2.20. The van der Waals surface area contributed by atoms with Crippen molar-refractivity contribution in [3.05, 3.63) is 71.8 Å². The molecule has 3 heteroatoms. The van der Waals surface area contributed by atoms with Gasteiger partial charge in [0.2, 0.25) is 0 Å². The lowest BCUT2D eigenvalue weighted by atomic mass is 9.93. The van der Waals surface area contributed by atoms with Gasteiger partial charge in [-0.05, 0) is 34.5 Å². The number of fused-ring (bicyclic) bond motifs is 1. The molecule has 3 rings (SSSR count). The second kappa shape index (κ2) is 6.31. The number of methoxy groups -OCH3 is 1. The highest BCUT2D eigenvalue weighted by molar-refractivity contribution is 5.88. The number of rotatable bonds is 4. The molecule has 0 fully saturated rings. The maximum absolute atomic E-state index is 6.59. The maximum atomic E-state index is 6.59. The molecule has 118 valence electrons. The first-order valence-corrected chi connectivity index (χ1v) is 7.70. The summed E-state index contributed by atoms with van der Waals surface area (Å²) in [7, 11) is 5.75. The van der Waals surface area contributed by atoms with Gasteiger partial charge in [0.15, 0.2) is 0 Å². The summed E-state index contributed by atoms with van der Waals surface area (Å²) in [6.45, 7) is 0. The first kappa shape index (κ1) is 15.4. The predicted octanol–water partition coefficient (Wildman–Crippen LogP) is 3.96. The molecule has 0 aromatic heterocycles. The SMILES string of the molecule is COc1ccc2ccccc2c1C(N)c1ccc(N(C)C)cc1. The van der Waals surface area contributed by atoms with Crippen LogP contribution in [-0.4, -0.2) is 21.2 Å². The second-order valence-electron chi connectivity index (χ2n) is 5.87. The molecular weight excluding hydrogens is 284 g/mol. The fraction of sp³-hybridized carbons (Fsp3) is 0.200. The Kier molecular flexibility index (Phi) is 4.22. The fourth-order valence-electron chi connectivity index (χ4n) is 2.92. The number of ether oxygens (including phenoxy) is 1. The summed E-state index contributed by atoms with van der Waals surface area (Å²) in [5.74, 6) is 0.827. The Balaban J connectivity index is 2.11. The highest BCUT2D eigenvalue weighted by atomic mass is 16.5. The van der Waals surface area contributed by atoms with Crippen LogP contribution in [0.3, 0.4) is 0 Å². The molecule has 0 heterocycles. The summed E-state index contributed by atoms with van der Waals surface area (Å²) in [6.07, 6.45) is 0. The van der Waals surface area contributed by atoms with Crippen molar-refractivity contribution >= 4 is 16.5 Å². The number of nitrogens with two attached hydrogens (primary N) is 1. The van der Waals surface area contributed by atoms with Gasteiger partial charge in [0.25, 0.3) is 0 Å². The van der Waals surface area contributed by atoms with Crippen LogP contribution in [0, 0.1) is 0 Å². The van der Waals surface area contributed by atoms with Gasteiger partial charge in [-0.2, -0.15) is 0 Å². The zero-order valence-corrected chi connectivity index (χ0v) is 13.8. The van der Waals surface area contributed by atoms with Gasteiger partial charge in [-0.1, -0.05) is 42.5 Å². The predicted molar refractivity (Wildman–Crippen MR) is 97.3 cm³/mol. The number of nitrogens with zero attached hydrogens (tertiary/aromatic N) is 1. The van der Waals surface area contributed by atoms with E-state index in [0.29, 0.717) is 0 Å². The number of hydrogen-bond acceptors (Lipinski definition) is 3. The molecule has 0 aliphatic rings. The third-order valence-corrected chi connectivity index (χ3v) is 4.23. The normalized spacial score (nSPS) is 12.2. The molecule has 3 nitrogen and oxygen atoms in total. The number of hydrogen-bond donors (Lipinski definition) is 1. The van der Waals surface area contributed by atoms with Crippen LogP contribution in [-0.2, 0) is 0 Å². The van der Waals surface area contributed by atoms with Crippen molar-refractivity contribution < 1.29 is 4.74 Å². The van der Waals surface area contributed by atoms with E-state index in [9.17, 15) is 0 Å². The standard InChI is InChI=1S/C20H22N2O/c1-22(2)16-11-8-15(9-12-16)20(21)19-17-7-5-4-6-14(17)10-13-18(19)23-3/h4-13,20H,21H2,1-3H3. The summed E-state index contributed by atoms with van der Waals surface area (Å²) >= 11 is 0. The van der Waals surface area contributed by atoms with Crippen molar-refractivity contribution in [1.82, 2.24) is 0 Å². The van der Waals surface area contributed by atoms with Gasteiger partial charge in [-0.25, -0.2) is 0 Å². The molecule has 3 aromatic carbocycles. The molecule has 0 saturated carbocycles. The Hall–Kier alpha value is -2.52. The molecule has 23 heavy (non-hydrogen) atoms. The Labute approximate surface area is 137 Å². The largest absolute Gasteiger partial charge is 0.496 e. The second-order valence-corrected chi connectivity index (χ2v) is 5.87. The van der Waals surface area contributed by atoms with E-state index in [4.69, 9.17) is 10.5 Å². The molecule has 0 aliphatic carbocycles. The van der Waals surface area contributed by atoms with Crippen LogP contribution in [0.25, 0.3) is 10.8 Å². The molecule has 0 radical (unpaired) electrons. The van der Waals surface area contributed by atoms with Crippen LogP contribution in [0.4, 0.5) is 5.69 Å². The van der Waals surface area contributed by atoms with Crippen LogP contribution in [0.5, 0.6) is 5.75 Å². The molecular formula is C20H22N2O. The first-order chi connectivity index (χ1) is 11.1. The maximum Gasteiger partial charge on any atom is 0.124 e. The summed E-state index contributed by atoms with van der Waals surface area (Å²) in [6, 6.07) is 20.4. The van der Waals surface area contributed by atoms with Crippen molar-refractivity contribution in [2.24, 2.45) is 5.73 Å². The van der Waals surface area contributed by atoms with Crippen LogP contribution in [0.2, 0.25) is 0 Å². The highest BCUT2D eigenvalue weighted by Gasteiger charge is 2.17. The Bertz CT molecular complexity index is 809. The number of anilines is 1. The van der Waals surface area contributed by atoms with Crippen molar-refractivity contribution in [2.75, 3.05) is 26.1 Å². The highest BCUT2D eigenvalue weighted by Crippen LogP contribution is 2.35. The van der Waals surface area contributed by atoms with Crippen molar-refractivity contribution in [1.29, 1.82) is 0 Å². The van der Waals surface area contributed by atoms with E-state index in [0.717, 1.165) is 28.0 Å². The molecule has 0 saturated heterocycles.